The molecule has 3 rings (SSSR count). The topological polar surface area (TPSA) is 24.5 Å². The van der Waals surface area contributed by atoms with Crippen molar-refractivity contribution in [2.75, 3.05) is 18.0 Å². The zero-order valence-electron chi connectivity index (χ0n) is 12.3. The Morgan fingerprint density at radius 2 is 2.00 bits per heavy atom. The SMILES string of the molecule is Cc1cccc(CNCCN2C=COc3ccccc32)c1. The van der Waals surface area contributed by atoms with Gasteiger partial charge in [-0.05, 0) is 24.6 Å². The molecule has 0 fully saturated rings. The van der Waals surface area contributed by atoms with Crippen LogP contribution in [0.3, 0.4) is 0 Å². The summed E-state index contributed by atoms with van der Waals surface area (Å²) in [4.78, 5) is 2.21. The van der Waals surface area contributed by atoms with E-state index in [0.29, 0.717) is 0 Å². The van der Waals surface area contributed by atoms with Gasteiger partial charge in [-0.2, -0.15) is 0 Å². The van der Waals surface area contributed by atoms with Gasteiger partial charge < -0.3 is 15.0 Å². The third kappa shape index (κ3) is 3.44. The lowest BCUT2D eigenvalue weighted by Crippen LogP contribution is -2.29. The van der Waals surface area contributed by atoms with Crippen LogP contribution in [0.1, 0.15) is 11.1 Å². The maximum Gasteiger partial charge on any atom is 0.150 e. The van der Waals surface area contributed by atoms with E-state index in [9.17, 15) is 0 Å². The number of benzene rings is 2. The Balaban J connectivity index is 1.52. The zero-order valence-corrected chi connectivity index (χ0v) is 12.3. The molecule has 0 amide bonds. The average molecular weight is 280 g/mol. The van der Waals surface area contributed by atoms with Crippen LogP contribution in [0.4, 0.5) is 5.69 Å². The molecule has 2 aromatic rings. The summed E-state index contributed by atoms with van der Waals surface area (Å²) in [6, 6.07) is 16.7. The Morgan fingerprint density at radius 3 is 2.90 bits per heavy atom. The maximum atomic E-state index is 5.50. The molecule has 3 nitrogen and oxygen atoms in total. The third-order valence-corrected chi connectivity index (χ3v) is 3.55. The number of anilines is 1. The number of para-hydroxylation sites is 2. The molecule has 0 saturated carbocycles. The summed E-state index contributed by atoms with van der Waals surface area (Å²) < 4.78 is 5.50. The second-order valence-corrected chi connectivity index (χ2v) is 5.23. The quantitative estimate of drug-likeness (QED) is 0.849. The highest BCUT2D eigenvalue weighted by Crippen LogP contribution is 2.30. The van der Waals surface area contributed by atoms with Gasteiger partial charge in [0.1, 0.15) is 12.0 Å². The highest BCUT2D eigenvalue weighted by atomic mass is 16.5. The predicted molar refractivity (Wildman–Crippen MR) is 86.4 cm³/mol. The van der Waals surface area contributed by atoms with Gasteiger partial charge >= 0.3 is 0 Å². The molecule has 0 aliphatic carbocycles. The van der Waals surface area contributed by atoms with E-state index in [1.165, 1.54) is 11.1 Å². The summed E-state index contributed by atoms with van der Waals surface area (Å²) >= 11 is 0. The second kappa shape index (κ2) is 6.46. The summed E-state index contributed by atoms with van der Waals surface area (Å²) in [5, 5.41) is 3.49. The molecule has 0 spiro atoms. The van der Waals surface area contributed by atoms with Crippen LogP contribution in [-0.2, 0) is 6.54 Å². The van der Waals surface area contributed by atoms with Crippen molar-refractivity contribution >= 4 is 5.69 Å². The van der Waals surface area contributed by atoms with Crippen LogP contribution in [0.2, 0.25) is 0 Å². The van der Waals surface area contributed by atoms with E-state index in [4.69, 9.17) is 4.74 Å². The molecule has 1 aliphatic heterocycles. The van der Waals surface area contributed by atoms with Crippen molar-refractivity contribution in [3.05, 3.63) is 72.1 Å². The Morgan fingerprint density at radius 1 is 1.10 bits per heavy atom. The van der Waals surface area contributed by atoms with Crippen LogP contribution in [0.15, 0.2) is 61.0 Å². The van der Waals surface area contributed by atoms with Crippen LogP contribution in [0.5, 0.6) is 5.75 Å². The normalized spacial score (nSPS) is 12.9. The lowest BCUT2D eigenvalue weighted by atomic mass is 10.1. The van der Waals surface area contributed by atoms with Crippen molar-refractivity contribution < 1.29 is 4.74 Å². The molecule has 21 heavy (non-hydrogen) atoms. The van der Waals surface area contributed by atoms with Gasteiger partial charge in [-0.1, -0.05) is 42.0 Å². The minimum atomic E-state index is 0.900. The van der Waals surface area contributed by atoms with Crippen molar-refractivity contribution in [3.8, 4) is 5.75 Å². The van der Waals surface area contributed by atoms with Crippen molar-refractivity contribution in [1.29, 1.82) is 0 Å². The summed E-state index contributed by atoms with van der Waals surface area (Å²) in [5.74, 6) is 0.915. The molecule has 0 saturated heterocycles. The van der Waals surface area contributed by atoms with E-state index in [1.54, 1.807) is 6.26 Å². The number of fused-ring (bicyclic) bond motifs is 1. The molecule has 0 radical (unpaired) electrons. The minimum Gasteiger partial charge on any atom is -0.461 e. The van der Waals surface area contributed by atoms with Crippen LogP contribution < -0.4 is 15.0 Å². The van der Waals surface area contributed by atoms with Gasteiger partial charge in [-0.3, -0.25) is 0 Å². The van der Waals surface area contributed by atoms with Gasteiger partial charge in [0.2, 0.25) is 0 Å². The van der Waals surface area contributed by atoms with Gasteiger partial charge in [-0.25, -0.2) is 0 Å². The van der Waals surface area contributed by atoms with Gasteiger partial charge in [0.15, 0.2) is 0 Å². The second-order valence-electron chi connectivity index (χ2n) is 5.23. The molecule has 0 bridgehead atoms. The standard InChI is InChI=1S/C18H20N2O/c1-15-5-4-6-16(13-15)14-19-9-10-20-11-12-21-18-8-3-2-7-17(18)20/h2-8,11-13,19H,9-10,14H2,1H3. The predicted octanol–water partition coefficient (Wildman–Crippen LogP) is 3.45. The molecule has 0 atom stereocenters. The summed E-state index contributed by atoms with van der Waals surface area (Å²) in [7, 11) is 0. The first-order valence-corrected chi connectivity index (χ1v) is 7.28. The summed E-state index contributed by atoms with van der Waals surface area (Å²) in [5.41, 5.74) is 3.75. The smallest absolute Gasteiger partial charge is 0.150 e. The Labute approximate surface area is 125 Å². The summed E-state index contributed by atoms with van der Waals surface area (Å²) in [6.45, 7) is 4.87. The number of aryl methyl sites for hydroxylation is 1. The Kier molecular flexibility index (Phi) is 4.22. The minimum absolute atomic E-state index is 0.900. The van der Waals surface area contributed by atoms with Crippen LogP contribution >= 0.6 is 0 Å². The number of nitrogens with one attached hydrogen (secondary N) is 1. The van der Waals surface area contributed by atoms with Gasteiger partial charge in [0, 0.05) is 25.8 Å². The first-order valence-electron chi connectivity index (χ1n) is 7.28. The molecular weight excluding hydrogens is 260 g/mol. The third-order valence-electron chi connectivity index (χ3n) is 3.55. The molecule has 1 heterocycles. The number of nitrogens with zero attached hydrogens (tertiary/aromatic N) is 1. The van der Waals surface area contributed by atoms with Gasteiger partial charge in [-0.15, -0.1) is 0 Å². The highest BCUT2D eigenvalue weighted by Gasteiger charge is 2.12. The van der Waals surface area contributed by atoms with E-state index in [1.807, 2.05) is 24.4 Å². The first kappa shape index (κ1) is 13.7. The molecule has 0 aromatic heterocycles. The van der Waals surface area contributed by atoms with Crippen LogP contribution in [0, 0.1) is 6.92 Å². The van der Waals surface area contributed by atoms with E-state index < -0.39 is 0 Å². The summed E-state index contributed by atoms with van der Waals surface area (Å²) in [6.07, 6.45) is 3.72. The molecule has 3 heteroatoms. The van der Waals surface area contributed by atoms with Gasteiger partial charge in [0.05, 0.1) is 5.69 Å². The van der Waals surface area contributed by atoms with Crippen molar-refractivity contribution in [3.63, 3.8) is 0 Å². The molecule has 1 N–H and O–H groups in total. The fraction of sp³-hybridized carbons (Fsp3) is 0.222. The average Bonchev–Trinajstić information content (AvgIpc) is 2.52. The maximum absolute atomic E-state index is 5.50. The molecular formula is C18H20N2O. The van der Waals surface area contributed by atoms with E-state index >= 15 is 0 Å². The van der Waals surface area contributed by atoms with Crippen molar-refractivity contribution in [2.24, 2.45) is 0 Å². The number of hydrogen-bond acceptors (Lipinski definition) is 3. The lowest BCUT2D eigenvalue weighted by Gasteiger charge is -2.25. The van der Waals surface area contributed by atoms with E-state index in [-0.39, 0.29) is 0 Å². The van der Waals surface area contributed by atoms with Crippen molar-refractivity contribution in [1.82, 2.24) is 5.32 Å². The largest absolute Gasteiger partial charge is 0.461 e. The number of rotatable bonds is 5. The van der Waals surface area contributed by atoms with Crippen LogP contribution in [-0.4, -0.2) is 13.1 Å². The molecule has 1 aliphatic rings. The Bertz CT molecular complexity index is 637. The fourth-order valence-electron chi connectivity index (χ4n) is 2.50. The van der Waals surface area contributed by atoms with Gasteiger partial charge in [0.25, 0.3) is 0 Å². The van der Waals surface area contributed by atoms with E-state index in [2.05, 4.69) is 47.5 Å². The number of ether oxygens (including phenoxy) is 1. The monoisotopic (exact) mass is 280 g/mol. The molecule has 108 valence electrons. The molecule has 0 unspecified atom stereocenters. The number of hydrogen-bond donors (Lipinski definition) is 1. The zero-order chi connectivity index (χ0) is 14.5. The fourth-order valence-corrected chi connectivity index (χ4v) is 2.50. The van der Waals surface area contributed by atoms with Crippen LogP contribution in [0.25, 0.3) is 0 Å². The highest BCUT2D eigenvalue weighted by molar-refractivity contribution is 5.62. The molecule has 2 aromatic carbocycles. The van der Waals surface area contributed by atoms with Crippen molar-refractivity contribution in [2.45, 2.75) is 13.5 Å². The first-order chi connectivity index (χ1) is 10.3. The van der Waals surface area contributed by atoms with E-state index in [0.717, 1.165) is 31.1 Å². The lowest BCUT2D eigenvalue weighted by molar-refractivity contribution is 0.468. The Hall–Kier alpha value is -2.26.